The van der Waals surface area contributed by atoms with Crippen molar-refractivity contribution in [2.45, 2.75) is 39.5 Å². The lowest BCUT2D eigenvalue weighted by Crippen LogP contribution is -2.33. The Morgan fingerprint density at radius 3 is 2.67 bits per heavy atom. The normalized spacial score (nSPS) is 28.0. The smallest absolute Gasteiger partial charge is 0.124 e. The fourth-order valence-electron chi connectivity index (χ4n) is 2.39. The van der Waals surface area contributed by atoms with Crippen LogP contribution >= 0.6 is 0 Å². The fourth-order valence-corrected chi connectivity index (χ4v) is 2.39. The third kappa shape index (κ3) is 2.61. The quantitative estimate of drug-likeness (QED) is 0.678. The summed E-state index contributed by atoms with van der Waals surface area (Å²) in [7, 11) is 0. The first kappa shape index (κ1) is 10.7. The molecule has 1 atom stereocenters. The molecule has 0 aliphatic carbocycles. The maximum Gasteiger partial charge on any atom is 0.124 e. The van der Waals surface area contributed by atoms with E-state index in [1.54, 1.807) is 0 Å². The minimum atomic E-state index is 0.627. The Labute approximate surface area is 93.1 Å². The molecular formula is C13H22N2. The van der Waals surface area contributed by atoms with Crippen LogP contribution in [0.25, 0.3) is 0 Å². The molecule has 2 aliphatic rings. The van der Waals surface area contributed by atoms with E-state index in [4.69, 9.17) is 0 Å². The van der Waals surface area contributed by atoms with Crippen molar-refractivity contribution in [3.8, 4) is 0 Å². The minimum absolute atomic E-state index is 0.627. The highest BCUT2D eigenvalue weighted by Crippen LogP contribution is 2.24. The Morgan fingerprint density at radius 2 is 2.13 bits per heavy atom. The lowest BCUT2D eigenvalue weighted by atomic mass is 9.94. The molecule has 0 radical (unpaired) electrons. The largest absolute Gasteiger partial charge is 0.357 e. The molecule has 0 aromatic rings. The third-order valence-corrected chi connectivity index (χ3v) is 3.65. The first-order chi connectivity index (χ1) is 7.29. The zero-order chi connectivity index (χ0) is 10.7. The molecule has 0 saturated carbocycles. The highest BCUT2D eigenvalue weighted by molar-refractivity contribution is 5.63. The topological polar surface area (TPSA) is 15.6 Å². The zero-order valence-corrected chi connectivity index (χ0v) is 9.95. The first-order valence-corrected chi connectivity index (χ1v) is 6.29. The van der Waals surface area contributed by atoms with Crippen LogP contribution in [0.5, 0.6) is 0 Å². The van der Waals surface area contributed by atoms with Crippen molar-refractivity contribution in [2.75, 3.05) is 13.1 Å². The van der Waals surface area contributed by atoms with E-state index in [0.717, 1.165) is 12.3 Å². The second-order valence-corrected chi connectivity index (χ2v) is 4.89. The molecule has 84 valence electrons. The van der Waals surface area contributed by atoms with Gasteiger partial charge in [0, 0.05) is 19.3 Å². The van der Waals surface area contributed by atoms with Crippen molar-refractivity contribution in [3.05, 3.63) is 11.9 Å². The van der Waals surface area contributed by atoms with E-state index in [2.05, 4.69) is 36.0 Å². The van der Waals surface area contributed by atoms with Gasteiger partial charge >= 0.3 is 0 Å². The molecule has 0 bridgehead atoms. The van der Waals surface area contributed by atoms with Gasteiger partial charge in [-0.05, 0) is 37.2 Å². The van der Waals surface area contributed by atoms with Crippen LogP contribution in [0.4, 0.5) is 0 Å². The molecule has 1 saturated heterocycles. The van der Waals surface area contributed by atoms with Gasteiger partial charge in [0.05, 0.1) is 0 Å². The molecule has 1 fully saturated rings. The van der Waals surface area contributed by atoms with Crippen LogP contribution in [0.3, 0.4) is 0 Å². The molecule has 15 heavy (non-hydrogen) atoms. The average molecular weight is 206 g/mol. The summed E-state index contributed by atoms with van der Waals surface area (Å²) >= 11 is 0. The van der Waals surface area contributed by atoms with E-state index in [0.29, 0.717) is 5.92 Å². The molecule has 2 heteroatoms. The first-order valence-electron chi connectivity index (χ1n) is 6.29. The number of hydrogen-bond donors (Lipinski definition) is 0. The predicted molar refractivity (Wildman–Crippen MR) is 64.9 cm³/mol. The molecule has 1 unspecified atom stereocenters. The molecule has 0 aromatic heterocycles. The summed E-state index contributed by atoms with van der Waals surface area (Å²) in [6.07, 6.45) is 9.59. The summed E-state index contributed by atoms with van der Waals surface area (Å²) in [6, 6.07) is 0. The molecular weight excluding hydrogens is 184 g/mol. The van der Waals surface area contributed by atoms with Gasteiger partial charge in [0.15, 0.2) is 0 Å². The Morgan fingerprint density at radius 1 is 1.40 bits per heavy atom. The van der Waals surface area contributed by atoms with E-state index in [1.165, 1.54) is 38.2 Å². The molecule has 0 amide bonds. The van der Waals surface area contributed by atoms with Gasteiger partial charge in [0.2, 0.25) is 0 Å². The van der Waals surface area contributed by atoms with Crippen LogP contribution in [0.15, 0.2) is 16.9 Å². The maximum atomic E-state index is 4.55. The summed E-state index contributed by atoms with van der Waals surface area (Å²) < 4.78 is 0. The highest BCUT2D eigenvalue weighted by Gasteiger charge is 2.20. The van der Waals surface area contributed by atoms with Crippen molar-refractivity contribution < 1.29 is 0 Å². The summed E-state index contributed by atoms with van der Waals surface area (Å²) in [6.45, 7) is 6.94. The van der Waals surface area contributed by atoms with E-state index in [1.807, 2.05) is 0 Å². The number of likely N-dealkylation sites (tertiary alicyclic amines) is 1. The lowest BCUT2D eigenvalue weighted by Gasteiger charge is -2.34. The van der Waals surface area contributed by atoms with Crippen LogP contribution in [-0.4, -0.2) is 24.2 Å². The second-order valence-electron chi connectivity index (χ2n) is 4.89. The van der Waals surface area contributed by atoms with Gasteiger partial charge in [-0.2, -0.15) is 0 Å². The van der Waals surface area contributed by atoms with Crippen LogP contribution in [0.2, 0.25) is 0 Å². The van der Waals surface area contributed by atoms with Crippen LogP contribution in [-0.2, 0) is 0 Å². The Balaban J connectivity index is 1.88. The van der Waals surface area contributed by atoms with Crippen LogP contribution < -0.4 is 0 Å². The SMILES string of the molecule is CCC1CCN(C2=CCC(C)C=N2)CC1. The van der Waals surface area contributed by atoms with E-state index >= 15 is 0 Å². The minimum Gasteiger partial charge on any atom is -0.357 e. The van der Waals surface area contributed by atoms with E-state index in [-0.39, 0.29) is 0 Å². The summed E-state index contributed by atoms with van der Waals surface area (Å²) in [5.74, 6) is 2.80. The van der Waals surface area contributed by atoms with Crippen molar-refractivity contribution in [2.24, 2.45) is 16.8 Å². The number of piperidine rings is 1. The summed E-state index contributed by atoms with van der Waals surface area (Å²) in [4.78, 5) is 7.00. The average Bonchev–Trinajstić information content (AvgIpc) is 2.30. The molecule has 0 spiro atoms. The van der Waals surface area contributed by atoms with Gasteiger partial charge in [0.1, 0.15) is 5.82 Å². The zero-order valence-electron chi connectivity index (χ0n) is 9.95. The van der Waals surface area contributed by atoms with Crippen molar-refractivity contribution >= 4 is 6.21 Å². The standard InChI is InChI=1S/C13H22N2/c1-3-12-6-8-15(9-7-12)13-5-4-11(2)10-14-13/h5,10-12H,3-4,6-9H2,1-2H3. The van der Waals surface area contributed by atoms with Gasteiger partial charge < -0.3 is 4.90 Å². The molecule has 0 N–H and O–H groups in total. The third-order valence-electron chi connectivity index (χ3n) is 3.65. The monoisotopic (exact) mass is 206 g/mol. The van der Waals surface area contributed by atoms with Gasteiger partial charge in [-0.3, -0.25) is 0 Å². The van der Waals surface area contributed by atoms with E-state index < -0.39 is 0 Å². The molecule has 0 aromatic carbocycles. The van der Waals surface area contributed by atoms with Crippen LogP contribution in [0, 0.1) is 11.8 Å². The van der Waals surface area contributed by atoms with Crippen LogP contribution in [0.1, 0.15) is 39.5 Å². The molecule has 2 nitrogen and oxygen atoms in total. The van der Waals surface area contributed by atoms with Gasteiger partial charge in [-0.25, -0.2) is 4.99 Å². The Bertz CT molecular complexity index is 260. The van der Waals surface area contributed by atoms with Gasteiger partial charge in [0.25, 0.3) is 0 Å². The van der Waals surface area contributed by atoms with E-state index in [9.17, 15) is 0 Å². The number of aliphatic imine (C=N–C) groups is 1. The predicted octanol–water partition coefficient (Wildman–Crippen LogP) is 3.06. The molecule has 2 heterocycles. The van der Waals surface area contributed by atoms with Crippen molar-refractivity contribution in [1.82, 2.24) is 4.90 Å². The van der Waals surface area contributed by atoms with Gasteiger partial charge in [-0.15, -0.1) is 0 Å². The number of rotatable bonds is 2. The number of nitrogens with zero attached hydrogens (tertiary/aromatic N) is 2. The van der Waals surface area contributed by atoms with Crippen molar-refractivity contribution in [3.63, 3.8) is 0 Å². The molecule has 2 rings (SSSR count). The Hall–Kier alpha value is -0.790. The molecule has 2 aliphatic heterocycles. The highest BCUT2D eigenvalue weighted by atomic mass is 15.2. The Kier molecular flexibility index (Phi) is 3.45. The fraction of sp³-hybridized carbons (Fsp3) is 0.769. The van der Waals surface area contributed by atoms with Crippen molar-refractivity contribution in [1.29, 1.82) is 0 Å². The number of allylic oxidation sites excluding steroid dienone is 1. The second kappa shape index (κ2) is 4.82. The van der Waals surface area contributed by atoms with Gasteiger partial charge in [-0.1, -0.05) is 20.3 Å². The lowest BCUT2D eigenvalue weighted by molar-refractivity contribution is 0.220. The maximum absolute atomic E-state index is 4.55. The number of hydrogen-bond acceptors (Lipinski definition) is 2. The summed E-state index contributed by atoms with van der Waals surface area (Å²) in [5, 5.41) is 0. The summed E-state index contributed by atoms with van der Waals surface area (Å²) in [5.41, 5.74) is 0.